The molecular weight excluding hydrogens is 196 g/mol. The second-order valence-corrected chi connectivity index (χ2v) is 3.39. The van der Waals surface area contributed by atoms with Gasteiger partial charge in [0, 0.05) is 6.54 Å². The minimum absolute atomic E-state index is 0. The molecule has 2 nitrogen and oxygen atoms in total. The van der Waals surface area contributed by atoms with Crippen LogP contribution in [0.2, 0.25) is 0 Å². The summed E-state index contributed by atoms with van der Waals surface area (Å²) in [5.41, 5.74) is 2.03. The Bertz CT molecular complexity index is 337. The van der Waals surface area contributed by atoms with Gasteiger partial charge in [-0.25, -0.2) is 0 Å². The Morgan fingerprint density at radius 3 is 2.79 bits per heavy atom. The Morgan fingerprint density at radius 2 is 2.14 bits per heavy atom. The predicted molar refractivity (Wildman–Crippen MR) is 58.6 cm³/mol. The molecule has 1 fully saturated rings. The molecule has 1 aliphatic heterocycles. The van der Waals surface area contributed by atoms with Gasteiger partial charge >= 0.3 is 0 Å². The Labute approximate surface area is 90.3 Å². The van der Waals surface area contributed by atoms with Crippen molar-refractivity contribution in [1.29, 1.82) is 5.26 Å². The molecule has 1 aromatic carbocycles. The fourth-order valence-electron chi connectivity index (χ4n) is 1.87. The third kappa shape index (κ3) is 2.06. The third-order valence-electron chi connectivity index (χ3n) is 2.58. The molecule has 0 radical (unpaired) electrons. The van der Waals surface area contributed by atoms with Gasteiger partial charge in [0.2, 0.25) is 0 Å². The Kier molecular flexibility index (Phi) is 3.94. The van der Waals surface area contributed by atoms with E-state index < -0.39 is 0 Å². The molecule has 14 heavy (non-hydrogen) atoms. The van der Waals surface area contributed by atoms with Gasteiger partial charge in [0.15, 0.2) is 0 Å². The summed E-state index contributed by atoms with van der Waals surface area (Å²) in [6, 6.07) is 10.1. The smallest absolute Gasteiger partial charge is 0.0994 e. The number of rotatable bonds is 1. The molecule has 0 spiro atoms. The van der Waals surface area contributed by atoms with Gasteiger partial charge in [0.25, 0.3) is 0 Å². The first kappa shape index (κ1) is 11.0. The summed E-state index contributed by atoms with van der Waals surface area (Å²) in [5, 5.41) is 12.2. The van der Waals surface area contributed by atoms with Gasteiger partial charge in [-0.1, -0.05) is 18.2 Å². The van der Waals surface area contributed by atoms with E-state index in [0.717, 1.165) is 25.1 Å². The Balaban J connectivity index is 0.000000980. The number of hydrogen-bond donors (Lipinski definition) is 1. The van der Waals surface area contributed by atoms with Gasteiger partial charge < -0.3 is 5.32 Å². The van der Waals surface area contributed by atoms with Crippen LogP contribution in [0.25, 0.3) is 0 Å². The van der Waals surface area contributed by atoms with Crippen molar-refractivity contribution in [1.82, 2.24) is 5.32 Å². The van der Waals surface area contributed by atoms with Crippen molar-refractivity contribution in [2.24, 2.45) is 0 Å². The van der Waals surface area contributed by atoms with E-state index in [1.54, 1.807) is 0 Å². The van der Waals surface area contributed by atoms with Crippen molar-refractivity contribution < 1.29 is 0 Å². The number of halogens is 1. The van der Waals surface area contributed by atoms with Crippen LogP contribution in [-0.2, 0) is 0 Å². The van der Waals surface area contributed by atoms with Crippen LogP contribution in [0.1, 0.15) is 23.5 Å². The van der Waals surface area contributed by atoms with Gasteiger partial charge in [0.1, 0.15) is 0 Å². The molecule has 1 aliphatic rings. The summed E-state index contributed by atoms with van der Waals surface area (Å²) in [6.07, 6.45) is 1.15. The average molecular weight is 209 g/mol. The maximum Gasteiger partial charge on any atom is 0.0994 e. The van der Waals surface area contributed by atoms with E-state index in [-0.39, 0.29) is 12.4 Å². The molecule has 1 aromatic rings. The molecular formula is C11H13ClN2. The summed E-state index contributed by atoms with van der Waals surface area (Å²) < 4.78 is 0. The van der Waals surface area contributed by atoms with Gasteiger partial charge in [-0.15, -0.1) is 12.4 Å². The van der Waals surface area contributed by atoms with E-state index in [9.17, 15) is 0 Å². The normalized spacial score (nSPS) is 19.8. The summed E-state index contributed by atoms with van der Waals surface area (Å²) in [5.74, 6) is 0.538. The SMILES string of the molecule is Cl.N#Cc1ccccc1[C@H]1CCNC1. The van der Waals surface area contributed by atoms with E-state index in [1.165, 1.54) is 5.56 Å². The standard InChI is InChI=1S/C11H12N2.ClH/c12-7-9-3-1-2-4-11(9)10-5-6-13-8-10;/h1-4,10,13H,5-6,8H2;1H/t10-;/m0./s1. The fourth-order valence-corrected chi connectivity index (χ4v) is 1.87. The highest BCUT2D eigenvalue weighted by atomic mass is 35.5. The molecule has 1 heterocycles. The Morgan fingerprint density at radius 1 is 1.36 bits per heavy atom. The lowest BCUT2D eigenvalue weighted by molar-refractivity contribution is 0.761. The predicted octanol–water partition coefficient (Wildman–Crippen LogP) is 2.06. The number of hydrogen-bond acceptors (Lipinski definition) is 2. The lowest BCUT2D eigenvalue weighted by Crippen LogP contribution is -2.08. The van der Waals surface area contributed by atoms with E-state index >= 15 is 0 Å². The van der Waals surface area contributed by atoms with Gasteiger partial charge in [0.05, 0.1) is 11.6 Å². The summed E-state index contributed by atoms with van der Waals surface area (Å²) >= 11 is 0. The van der Waals surface area contributed by atoms with Crippen molar-refractivity contribution in [2.75, 3.05) is 13.1 Å². The molecule has 0 amide bonds. The molecule has 1 N–H and O–H groups in total. The van der Waals surface area contributed by atoms with Crippen LogP contribution >= 0.6 is 12.4 Å². The third-order valence-corrected chi connectivity index (χ3v) is 2.58. The first-order valence-corrected chi connectivity index (χ1v) is 4.61. The lowest BCUT2D eigenvalue weighted by Gasteiger charge is -2.09. The van der Waals surface area contributed by atoms with Crippen molar-refractivity contribution >= 4 is 12.4 Å². The number of benzene rings is 1. The second-order valence-electron chi connectivity index (χ2n) is 3.39. The van der Waals surface area contributed by atoms with E-state index in [2.05, 4.69) is 17.5 Å². The molecule has 0 aromatic heterocycles. The molecule has 74 valence electrons. The van der Waals surface area contributed by atoms with Gasteiger partial charge in [-0.05, 0) is 30.5 Å². The summed E-state index contributed by atoms with van der Waals surface area (Å²) in [7, 11) is 0. The van der Waals surface area contributed by atoms with Crippen molar-refractivity contribution in [2.45, 2.75) is 12.3 Å². The van der Waals surface area contributed by atoms with Crippen molar-refractivity contribution in [3.8, 4) is 6.07 Å². The van der Waals surface area contributed by atoms with Crippen molar-refractivity contribution in [3.05, 3.63) is 35.4 Å². The lowest BCUT2D eigenvalue weighted by atomic mass is 9.94. The zero-order valence-corrected chi connectivity index (χ0v) is 8.68. The van der Waals surface area contributed by atoms with Crippen LogP contribution in [0, 0.1) is 11.3 Å². The van der Waals surface area contributed by atoms with Gasteiger partial charge in [-0.2, -0.15) is 5.26 Å². The number of nitrogens with one attached hydrogen (secondary N) is 1. The van der Waals surface area contributed by atoms with E-state index in [1.807, 2.05) is 18.2 Å². The zero-order valence-electron chi connectivity index (χ0n) is 7.86. The van der Waals surface area contributed by atoms with Gasteiger partial charge in [-0.3, -0.25) is 0 Å². The van der Waals surface area contributed by atoms with Crippen LogP contribution in [-0.4, -0.2) is 13.1 Å². The largest absolute Gasteiger partial charge is 0.316 e. The fraction of sp³-hybridized carbons (Fsp3) is 0.364. The number of nitrogens with zero attached hydrogens (tertiary/aromatic N) is 1. The maximum absolute atomic E-state index is 8.91. The molecule has 0 unspecified atom stereocenters. The van der Waals surface area contributed by atoms with E-state index in [4.69, 9.17) is 5.26 Å². The topological polar surface area (TPSA) is 35.8 Å². The molecule has 2 rings (SSSR count). The van der Waals surface area contributed by atoms with Crippen LogP contribution in [0.4, 0.5) is 0 Å². The van der Waals surface area contributed by atoms with Crippen molar-refractivity contribution in [3.63, 3.8) is 0 Å². The van der Waals surface area contributed by atoms with E-state index in [0.29, 0.717) is 5.92 Å². The maximum atomic E-state index is 8.91. The highest BCUT2D eigenvalue weighted by molar-refractivity contribution is 5.85. The molecule has 1 saturated heterocycles. The molecule has 1 atom stereocenters. The average Bonchev–Trinajstić information content (AvgIpc) is 2.70. The van der Waals surface area contributed by atoms with Crippen LogP contribution in [0.5, 0.6) is 0 Å². The molecule has 0 bridgehead atoms. The highest BCUT2D eigenvalue weighted by Gasteiger charge is 2.18. The molecule has 0 aliphatic carbocycles. The second kappa shape index (κ2) is 4.99. The monoisotopic (exact) mass is 208 g/mol. The molecule has 0 saturated carbocycles. The first-order valence-electron chi connectivity index (χ1n) is 4.61. The summed E-state index contributed by atoms with van der Waals surface area (Å²) in [6.45, 7) is 2.09. The minimum atomic E-state index is 0. The minimum Gasteiger partial charge on any atom is -0.316 e. The zero-order chi connectivity index (χ0) is 9.10. The highest BCUT2D eigenvalue weighted by Crippen LogP contribution is 2.24. The van der Waals surface area contributed by atoms with Crippen LogP contribution in [0.3, 0.4) is 0 Å². The first-order chi connectivity index (χ1) is 6.42. The van der Waals surface area contributed by atoms with Crippen LogP contribution in [0.15, 0.2) is 24.3 Å². The molecule has 3 heteroatoms. The Hall–Kier alpha value is -1.04. The number of nitriles is 1. The quantitative estimate of drug-likeness (QED) is 0.767. The summed E-state index contributed by atoms with van der Waals surface area (Å²) in [4.78, 5) is 0. The van der Waals surface area contributed by atoms with Crippen LogP contribution < -0.4 is 5.32 Å².